The number of nitrogens with zero attached hydrogens (tertiary/aromatic N) is 4. The summed E-state index contributed by atoms with van der Waals surface area (Å²) in [6.07, 6.45) is 3.95. The molecular weight excluding hydrogens is 468 g/mol. The number of hydrogen-bond acceptors (Lipinski definition) is 6. The summed E-state index contributed by atoms with van der Waals surface area (Å²) in [6, 6.07) is 5.42. The van der Waals surface area contributed by atoms with Gasteiger partial charge in [0, 0.05) is 50.7 Å². The van der Waals surface area contributed by atoms with Gasteiger partial charge in [0.05, 0.1) is 11.1 Å². The molecule has 1 spiro atoms. The highest BCUT2D eigenvalue weighted by Gasteiger charge is 2.49. The van der Waals surface area contributed by atoms with Gasteiger partial charge in [-0.2, -0.15) is 4.31 Å². The van der Waals surface area contributed by atoms with Crippen LogP contribution in [0.3, 0.4) is 0 Å². The van der Waals surface area contributed by atoms with Gasteiger partial charge in [0.25, 0.3) is 0 Å². The van der Waals surface area contributed by atoms with Gasteiger partial charge < -0.3 is 9.80 Å². The Labute approximate surface area is 199 Å². The third-order valence-corrected chi connectivity index (χ3v) is 9.40. The number of aromatic nitrogens is 1. The normalized spacial score (nSPS) is 20.5. The number of fused-ring (bicyclic) bond motifs is 2. The molecule has 1 aromatic carbocycles. The maximum Gasteiger partial charge on any atom is 0.243 e. The molecular formula is C22H29ClN4O3S2. The zero-order valence-electron chi connectivity index (χ0n) is 18.7. The van der Waals surface area contributed by atoms with Crippen molar-refractivity contribution in [3.05, 3.63) is 34.3 Å². The number of thiazole rings is 1. The average molecular weight is 497 g/mol. The smallest absolute Gasteiger partial charge is 0.243 e. The first-order chi connectivity index (χ1) is 15.2. The topological polar surface area (TPSA) is 73.8 Å². The fourth-order valence-electron chi connectivity index (χ4n) is 4.84. The molecule has 3 heterocycles. The summed E-state index contributed by atoms with van der Waals surface area (Å²) in [5.41, 5.74) is 1.59. The van der Waals surface area contributed by atoms with Crippen LogP contribution < -0.4 is 4.90 Å². The lowest BCUT2D eigenvalue weighted by molar-refractivity contribution is -0.127. The number of carbonyl (C=O) groups excluding carboxylic acids is 1. The number of amides is 1. The molecule has 2 aliphatic rings. The van der Waals surface area contributed by atoms with Crippen molar-refractivity contribution >= 4 is 49.7 Å². The Hall–Kier alpha value is -1.68. The molecule has 10 heteroatoms. The second kappa shape index (κ2) is 8.93. The first-order valence-electron chi connectivity index (χ1n) is 11.0. The highest BCUT2D eigenvalue weighted by atomic mass is 35.5. The van der Waals surface area contributed by atoms with E-state index in [2.05, 4.69) is 9.88 Å². The molecule has 1 atom stereocenters. The van der Waals surface area contributed by atoms with E-state index in [-0.39, 0.29) is 11.3 Å². The molecule has 0 aliphatic carbocycles. The number of halogens is 1. The van der Waals surface area contributed by atoms with Crippen molar-refractivity contribution in [2.24, 2.45) is 0 Å². The summed E-state index contributed by atoms with van der Waals surface area (Å²) < 4.78 is 29.1. The van der Waals surface area contributed by atoms with Gasteiger partial charge in [-0.25, -0.2) is 13.4 Å². The Kier molecular flexibility index (Phi) is 6.55. The van der Waals surface area contributed by atoms with E-state index in [1.54, 1.807) is 23.5 Å². The molecule has 0 bridgehead atoms. The Morgan fingerprint density at radius 3 is 2.53 bits per heavy atom. The maximum atomic E-state index is 13.5. The monoisotopic (exact) mass is 496 g/mol. The lowest BCUT2D eigenvalue weighted by atomic mass is 9.81. The molecule has 1 amide bonds. The lowest BCUT2D eigenvalue weighted by Crippen LogP contribution is -2.36. The van der Waals surface area contributed by atoms with Gasteiger partial charge >= 0.3 is 0 Å². The first-order valence-corrected chi connectivity index (χ1v) is 13.6. The SMILES string of the molecule is CCCN(CCC)S(=O)(=O)c1ccc2c(c1)C1(CCN(C(C)=O)C1)CN2c1ncc(Cl)s1. The largest absolute Gasteiger partial charge is 0.342 e. The summed E-state index contributed by atoms with van der Waals surface area (Å²) in [5.74, 6) is 0.0417. The van der Waals surface area contributed by atoms with Crippen LogP contribution in [0.4, 0.5) is 10.8 Å². The molecule has 7 nitrogen and oxygen atoms in total. The maximum absolute atomic E-state index is 13.5. The molecule has 174 valence electrons. The zero-order valence-corrected chi connectivity index (χ0v) is 21.1. The Morgan fingerprint density at radius 2 is 1.97 bits per heavy atom. The van der Waals surface area contributed by atoms with Crippen LogP contribution in [0.25, 0.3) is 0 Å². The molecule has 1 unspecified atom stereocenters. The Balaban J connectivity index is 1.80. The summed E-state index contributed by atoms with van der Waals surface area (Å²) in [7, 11) is -3.60. The third kappa shape index (κ3) is 4.04. The van der Waals surface area contributed by atoms with E-state index in [4.69, 9.17) is 11.6 Å². The van der Waals surface area contributed by atoms with Crippen molar-refractivity contribution in [2.75, 3.05) is 37.6 Å². The van der Waals surface area contributed by atoms with Crippen molar-refractivity contribution < 1.29 is 13.2 Å². The van der Waals surface area contributed by atoms with Crippen LogP contribution in [0, 0.1) is 0 Å². The Bertz CT molecular complexity index is 1110. The minimum absolute atomic E-state index is 0.0417. The molecule has 0 N–H and O–H groups in total. The molecule has 0 saturated carbocycles. The highest BCUT2D eigenvalue weighted by molar-refractivity contribution is 7.89. The predicted molar refractivity (Wildman–Crippen MR) is 128 cm³/mol. The van der Waals surface area contributed by atoms with Gasteiger partial charge in [-0.05, 0) is 43.0 Å². The van der Waals surface area contributed by atoms with E-state index >= 15 is 0 Å². The van der Waals surface area contributed by atoms with Crippen molar-refractivity contribution in [2.45, 2.75) is 50.3 Å². The standard InChI is InChI=1S/C22H29ClN4O3S2/c1-4-9-26(10-5-2)32(29,30)17-6-7-19-18(12-17)22(8-11-25(14-22)16(3)28)15-27(19)21-24-13-20(23)31-21/h6-7,12-13H,4-5,8-11,14-15H2,1-3H3. The number of hydrogen-bond donors (Lipinski definition) is 0. The average Bonchev–Trinajstić information content (AvgIpc) is 3.46. The van der Waals surface area contributed by atoms with Crippen LogP contribution >= 0.6 is 22.9 Å². The van der Waals surface area contributed by atoms with Crippen molar-refractivity contribution in [1.29, 1.82) is 0 Å². The number of carbonyl (C=O) groups is 1. The van der Waals surface area contributed by atoms with Crippen molar-refractivity contribution in [3.63, 3.8) is 0 Å². The summed E-state index contributed by atoms with van der Waals surface area (Å²) >= 11 is 7.55. The zero-order chi connectivity index (χ0) is 23.1. The van der Waals surface area contributed by atoms with Crippen LogP contribution in [0.5, 0.6) is 0 Å². The molecule has 1 fully saturated rings. The van der Waals surface area contributed by atoms with E-state index in [9.17, 15) is 13.2 Å². The van der Waals surface area contributed by atoms with E-state index < -0.39 is 10.0 Å². The van der Waals surface area contributed by atoms with Gasteiger partial charge in [0.1, 0.15) is 4.34 Å². The van der Waals surface area contributed by atoms with Crippen LogP contribution in [0.1, 0.15) is 45.6 Å². The minimum Gasteiger partial charge on any atom is -0.342 e. The molecule has 1 aromatic heterocycles. The first kappa shape index (κ1) is 23.5. The van der Waals surface area contributed by atoms with Gasteiger partial charge in [0.2, 0.25) is 15.9 Å². The quantitative estimate of drug-likeness (QED) is 0.573. The van der Waals surface area contributed by atoms with Gasteiger partial charge in [0.15, 0.2) is 5.13 Å². The summed E-state index contributed by atoms with van der Waals surface area (Å²) in [4.78, 5) is 20.8. The number of benzene rings is 1. The molecule has 32 heavy (non-hydrogen) atoms. The van der Waals surface area contributed by atoms with E-state index in [0.29, 0.717) is 42.0 Å². The number of sulfonamides is 1. The summed E-state index contributed by atoms with van der Waals surface area (Å²) in [5, 5.41) is 0.781. The second-order valence-electron chi connectivity index (χ2n) is 8.59. The highest BCUT2D eigenvalue weighted by Crippen LogP contribution is 2.50. The summed E-state index contributed by atoms with van der Waals surface area (Å²) in [6.45, 7) is 8.44. The van der Waals surface area contributed by atoms with E-state index in [0.717, 1.165) is 35.6 Å². The van der Waals surface area contributed by atoms with Gasteiger partial charge in [-0.1, -0.05) is 36.8 Å². The predicted octanol–water partition coefficient (Wildman–Crippen LogP) is 4.25. The lowest BCUT2D eigenvalue weighted by Gasteiger charge is -2.26. The minimum atomic E-state index is -3.60. The van der Waals surface area contributed by atoms with Crippen molar-refractivity contribution in [1.82, 2.24) is 14.2 Å². The fourth-order valence-corrected chi connectivity index (χ4v) is 7.41. The number of likely N-dealkylation sites (tertiary alicyclic amines) is 1. The second-order valence-corrected chi connectivity index (χ2v) is 12.2. The number of rotatable bonds is 7. The fraction of sp³-hybridized carbons (Fsp3) is 0.545. The van der Waals surface area contributed by atoms with Crippen LogP contribution in [-0.4, -0.2) is 61.2 Å². The van der Waals surface area contributed by atoms with Crippen LogP contribution in [0.15, 0.2) is 29.3 Å². The molecule has 1 saturated heterocycles. The Morgan fingerprint density at radius 1 is 1.25 bits per heavy atom. The van der Waals surface area contributed by atoms with E-state index in [1.807, 2.05) is 30.9 Å². The molecule has 2 aliphatic heterocycles. The van der Waals surface area contributed by atoms with Crippen LogP contribution in [-0.2, 0) is 20.2 Å². The molecule has 2 aromatic rings. The van der Waals surface area contributed by atoms with E-state index in [1.165, 1.54) is 11.3 Å². The van der Waals surface area contributed by atoms with Gasteiger partial charge in [-0.3, -0.25) is 4.79 Å². The van der Waals surface area contributed by atoms with Crippen LogP contribution in [0.2, 0.25) is 4.34 Å². The number of anilines is 2. The van der Waals surface area contributed by atoms with Gasteiger partial charge in [-0.15, -0.1) is 0 Å². The van der Waals surface area contributed by atoms with Crippen molar-refractivity contribution in [3.8, 4) is 0 Å². The molecule has 4 rings (SSSR count). The third-order valence-electron chi connectivity index (χ3n) is 6.37. The molecule has 0 radical (unpaired) electrons.